The second-order valence-corrected chi connectivity index (χ2v) is 8.47. The molecule has 0 radical (unpaired) electrons. The molecule has 2 aliphatic rings. The fraction of sp³-hybridized carbons (Fsp3) is 0.185. The normalized spacial score (nSPS) is 16.0. The average molecular weight is 444 g/mol. The summed E-state index contributed by atoms with van der Waals surface area (Å²) in [4.78, 5) is 30.2. The summed E-state index contributed by atoms with van der Waals surface area (Å²) in [7, 11) is 0. The van der Waals surface area contributed by atoms with Crippen LogP contribution < -0.4 is 9.80 Å². The van der Waals surface area contributed by atoms with Crippen LogP contribution >= 0.6 is 0 Å². The second-order valence-electron chi connectivity index (χ2n) is 8.47. The first-order chi connectivity index (χ1) is 15.9. The number of benzene rings is 3. The summed E-state index contributed by atoms with van der Waals surface area (Å²) >= 11 is 0. The minimum absolute atomic E-state index is 0.225. The Hall–Kier alpha value is -3.80. The zero-order valence-corrected chi connectivity index (χ0v) is 18.4. The van der Waals surface area contributed by atoms with E-state index >= 15 is 0 Å². The maximum atomic E-state index is 14.7. The van der Waals surface area contributed by atoms with Gasteiger partial charge in [0.05, 0.1) is 11.3 Å². The summed E-state index contributed by atoms with van der Waals surface area (Å²) < 4.78 is 28.2. The van der Waals surface area contributed by atoms with Gasteiger partial charge in [-0.3, -0.25) is 9.59 Å². The van der Waals surface area contributed by atoms with Crippen LogP contribution in [-0.4, -0.2) is 18.4 Å². The van der Waals surface area contributed by atoms with Crippen molar-refractivity contribution in [3.8, 4) is 0 Å². The number of anilines is 2. The molecule has 2 amide bonds. The van der Waals surface area contributed by atoms with Crippen LogP contribution in [0.15, 0.2) is 66.4 Å². The van der Waals surface area contributed by atoms with Gasteiger partial charge in [0.15, 0.2) is 0 Å². The number of fused-ring (bicyclic) bond motifs is 1. The SMILES string of the molecule is Cc1ccc(C2=C(N3CCCc4ccccc43)C(=O)N(c3ccc(F)cc3F)C2=O)c(C)c1. The van der Waals surface area contributed by atoms with E-state index in [-0.39, 0.29) is 17.0 Å². The van der Waals surface area contributed by atoms with Crippen molar-refractivity contribution < 1.29 is 18.4 Å². The number of nitrogens with zero attached hydrogens (tertiary/aromatic N) is 2. The highest BCUT2D eigenvalue weighted by Crippen LogP contribution is 2.40. The molecule has 166 valence electrons. The molecule has 0 saturated heterocycles. The van der Waals surface area contributed by atoms with E-state index in [1.807, 2.05) is 61.2 Å². The third-order valence-corrected chi connectivity index (χ3v) is 6.24. The molecule has 5 rings (SSSR count). The number of rotatable bonds is 3. The maximum Gasteiger partial charge on any atom is 0.282 e. The molecular weight excluding hydrogens is 422 g/mol. The number of carbonyl (C=O) groups is 2. The van der Waals surface area contributed by atoms with Gasteiger partial charge in [0.25, 0.3) is 11.8 Å². The molecule has 0 bridgehead atoms. The maximum absolute atomic E-state index is 14.7. The number of amides is 2. The third-order valence-electron chi connectivity index (χ3n) is 6.24. The minimum atomic E-state index is -0.961. The number of carbonyl (C=O) groups excluding carboxylic acids is 2. The Labute approximate surface area is 190 Å². The summed E-state index contributed by atoms with van der Waals surface area (Å²) in [6.07, 6.45) is 1.68. The molecule has 3 aromatic carbocycles. The van der Waals surface area contributed by atoms with E-state index in [0.717, 1.165) is 52.3 Å². The minimum Gasteiger partial charge on any atom is -0.336 e. The van der Waals surface area contributed by atoms with Crippen molar-refractivity contribution in [3.63, 3.8) is 0 Å². The Balaban J connectivity index is 1.74. The van der Waals surface area contributed by atoms with E-state index in [1.54, 1.807) is 0 Å². The third kappa shape index (κ3) is 3.42. The number of halogens is 2. The Morgan fingerprint density at radius 3 is 2.39 bits per heavy atom. The van der Waals surface area contributed by atoms with Gasteiger partial charge in [-0.05, 0) is 61.6 Å². The molecule has 0 atom stereocenters. The Morgan fingerprint density at radius 1 is 0.848 bits per heavy atom. The van der Waals surface area contributed by atoms with E-state index in [9.17, 15) is 18.4 Å². The molecular formula is C27H22F2N2O2. The monoisotopic (exact) mass is 444 g/mol. The first-order valence-electron chi connectivity index (χ1n) is 10.9. The summed E-state index contributed by atoms with van der Waals surface area (Å²) in [6.45, 7) is 4.39. The standard InChI is InChI=1S/C27H22F2N2O2/c1-16-9-11-20(17(2)14-16)24-25(30-13-5-7-18-6-3-4-8-22(18)30)27(33)31(26(24)32)23-12-10-19(28)15-21(23)29/h3-4,6,8-12,14-15H,5,7,13H2,1-2H3. The van der Waals surface area contributed by atoms with Crippen LogP contribution in [0.25, 0.3) is 5.57 Å². The van der Waals surface area contributed by atoms with E-state index in [0.29, 0.717) is 18.2 Å². The molecule has 3 aromatic rings. The zero-order valence-electron chi connectivity index (χ0n) is 18.4. The van der Waals surface area contributed by atoms with E-state index in [1.165, 1.54) is 0 Å². The fourth-order valence-electron chi connectivity index (χ4n) is 4.75. The quantitative estimate of drug-likeness (QED) is 0.514. The van der Waals surface area contributed by atoms with Gasteiger partial charge >= 0.3 is 0 Å². The molecule has 0 aromatic heterocycles. The molecule has 4 nitrogen and oxygen atoms in total. The van der Waals surface area contributed by atoms with Crippen molar-refractivity contribution in [2.45, 2.75) is 26.7 Å². The number of aryl methyl sites for hydroxylation is 3. The van der Waals surface area contributed by atoms with E-state index in [4.69, 9.17) is 0 Å². The Bertz CT molecular complexity index is 1350. The molecule has 0 aliphatic carbocycles. The molecule has 2 heterocycles. The van der Waals surface area contributed by atoms with Crippen molar-refractivity contribution in [2.75, 3.05) is 16.3 Å². The van der Waals surface area contributed by atoms with Crippen molar-refractivity contribution in [1.29, 1.82) is 0 Å². The number of para-hydroxylation sites is 1. The topological polar surface area (TPSA) is 40.6 Å². The molecule has 2 aliphatic heterocycles. The summed E-state index contributed by atoms with van der Waals surface area (Å²) in [5.41, 5.74) is 4.65. The lowest BCUT2D eigenvalue weighted by Gasteiger charge is -2.32. The lowest BCUT2D eigenvalue weighted by atomic mass is 9.95. The highest BCUT2D eigenvalue weighted by atomic mass is 19.1. The molecule has 0 saturated carbocycles. The van der Waals surface area contributed by atoms with Crippen LogP contribution in [0.5, 0.6) is 0 Å². The molecule has 6 heteroatoms. The predicted octanol–water partition coefficient (Wildman–Crippen LogP) is 5.32. The van der Waals surface area contributed by atoms with Crippen LogP contribution in [0, 0.1) is 25.5 Å². The molecule has 0 fully saturated rings. The van der Waals surface area contributed by atoms with Crippen LogP contribution in [0.2, 0.25) is 0 Å². The van der Waals surface area contributed by atoms with Gasteiger partial charge < -0.3 is 4.90 Å². The van der Waals surface area contributed by atoms with Crippen molar-refractivity contribution in [3.05, 3.63) is 100 Å². The van der Waals surface area contributed by atoms with Crippen LogP contribution in [0.3, 0.4) is 0 Å². The Kier molecular flexibility index (Phi) is 5.08. The number of hydrogen-bond acceptors (Lipinski definition) is 3. The average Bonchev–Trinajstić information content (AvgIpc) is 3.03. The first-order valence-corrected chi connectivity index (χ1v) is 10.9. The smallest absolute Gasteiger partial charge is 0.282 e. The Morgan fingerprint density at radius 2 is 1.64 bits per heavy atom. The lowest BCUT2D eigenvalue weighted by molar-refractivity contribution is -0.120. The highest BCUT2D eigenvalue weighted by molar-refractivity contribution is 6.46. The van der Waals surface area contributed by atoms with Crippen molar-refractivity contribution in [1.82, 2.24) is 0 Å². The molecule has 0 spiro atoms. The van der Waals surface area contributed by atoms with Gasteiger partial charge in [-0.1, -0.05) is 42.0 Å². The number of hydrogen-bond donors (Lipinski definition) is 0. The molecule has 33 heavy (non-hydrogen) atoms. The van der Waals surface area contributed by atoms with Gasteiger partial charge in [0.2, 0.25) is 0 Å². The second kappa shape index (κ2) is 7.96. The number of imide groups is 1. The van der Waals surface area contributed by atoms with Gasteiger partial charge in [-0.15, -0.1) is 0 Å². The van der Waals surface area contributed by atoms with E-state index < -0.39 is 23.4 Å². The summed E-state index contributed by atoms with van der Waals surface area (Å²) in [5.74, 6) is -2.97. The fourth-order valence-corrected chi connectivity index (χ4v) is 4.75. The van der Waals surface area contributed by atoms with Gasteiger partial charge in [-0.25, -0.2) is 13.7 Å². The van der Waals surface area contributed by atoms with Crippen LogP contribution in [0.4, 0.5) is 20.2 Å². The summed E-state index contributed by atoms with van der Waals surface area (Å²) in [6, 6.07) is 16.3. The zero-order chi connectivity index (χ0) is 23.3. The lowest BCUT2D eigenvalue weighted by Crippen LogP contribution is -2.37. The molecule has 0 unspecified atom stereocenters. The highest BCUT2D eigenvalue weighted by Gasteiger charge is 2.44. The predicted molar refractivity (Wildman–Crippen MR) is 124 cm³/mol. The van der Waals surface area contributed by atoms with Crippen LogP contribution in [0.1, 0.15) is 28.7 Å². The first kappa shape index (κ1) is 21.1. The van der Waals surface area contributed by atoms with Crippen molar-refractivity contribution in [2.24, 2.45) is 0 Å². The largest absolute Gasteiger partial charge is 0.336 e. The molecule has 0 N–H and O–H groups in total. The van der Waals surface area contributed by atoms with Gasteiger partial charge in [0.1, 0.15) is 17.3 Å². The van der Waals surface area contributed by atoms with Crippen molar-refractivity contribution >= 4 is 28.8 Å². The van der Waals surface area contributed by atoms with Gasteiger partial charge in [-0.2, -0.15) is 0 Å². The van der Waals surface area contributed by atoms with E-state index in [2.05, 4.69) is 0 Å². The van der Waals surface area contributed by atoms with Crippen LogP contribution in [-0.2, 0) is 16.0 Å². The van der Waals surface area contributed by atoms with Gasteiger partial charge in [0, 0.05) is 18.3 Å². The summed E-state index contributed by atoms with van der Waals surface area (Å²) in [5, 5.41) is 0.